The van der Waals surface area contributed by atoms with Gasteiger partial charge in [-0.25, -0.2) is 9.98 Å². The van der Waals surface area contributed by atoms with Crippen LogP contribution in [0.3, 0.4) is 0 Å². The molecule has 0 saturated carbocycles. The van der Waals surface area contributed by atoms with Crippen molar-refractivity contribution < 1.29 is 0 Å². The number of hydrogen-bond acceptors (Lipinski definition) is 3. The summed E-state index contributed by atoms with van der Waals surface area (Å²) in [4.78, 5) is 8.62. The van der Waals surface area contributed by atoms with Crippen LogP contribution in [0.25, 0.3) is 0 Å². The van der Waals surface area contributed by atoms with Gasteiger partial charge in [0.05, 0.1) is 12.6 Å². The number of thiazole rings is 1. The third-order valence-electron chi connectivity index (χ3n) is 2.84. The SMILES string of the molecule is Cc1csc(CN=C(N)NC(C)c2ccc(Cl)cc2Cl)n1.I. The van der Waals surface area contributed by atoms with E-state index in [1.54, 1.807) is 23.5 Å². The summed E-state index contributed by atoms with van der Waals surface area (Å²) in [5.74, 6) is 0.362. The molecule has 22 heavy (non-hydrogen) atoms. The monoisotopic (exact) mass is 470 g/mol. The maximum absolute atomic E-state index is 6.17. The van der Waals surface area contributed by atoms with E-state index >= 15 is 0 Å². The van der Waals surface area contributed by atoms with Gasteiger partial charge >= 0.3 is 0 Å². The van der Waals surface area contributed by atoms with Crippen molar-refractivity contribution in [3.05, 3.63) is 49.9 Å². The molecular formula is C14H17Cl2IN4S. The standard InChI is InChI=1S/C14H16Cl2N4S.HI/c1-8-7-21-13(19-8)6-18-14(17)20-9(2)11-4-3-10(15)5-12(11)16;/h3-5,7,9H,6H2,1-2H3,(H3,17,18,20);1H. The molecule has 0 aliphatic heterocycles. The van der Waals surface area contributed by atoms with E-state index in [0.29, 0.717) is 22.5 Å². The van der Waals surface area contributed by atoms with Crippen LogP contribution in [0, 0.1) is 6.92 Å². The van der Waals surface area contributed by atoms with Gasteiger partial charge in [0.2, 0.25) is 0 Å². The zero-order valence-corrected chi connectivity index (χ0v) is 16.8. The van der Waals surface area contributed by atoms with Crippen molar-refractivity contribution in [3.63, 3.8) is 0 Å². The molecule has 3 N–H and O–H groups in total. The van der Waals surface area contributed by atoms with Gasteiger partial charge in [0, 0.05) is 21.1 Å². The van der Waals surface area contributed by atoms with Crippen LogP contribution in [-0.4, -0.2) is 10.9 Å². The van der Waals surface area contributed by atoms with E-state index in [1.165, 1.54) is 0 Å². The molecule has 1 aromatic carbocycles. The lowest BCUT2D eigenvalue weighted by Crippen LogP contribution is -2.34. The van der Waals surface area contributed by atoms with Crippen LogP contribution in [-0.2, 0) is 6.54 Å². The van der Waals surface area contributed by atoms with Gasteiger partial charge in [0.25, 0.3) is 0 Å². The molecule has 1 atom stereocenters. The zero-order valence-electron chi connectivity index (χ0n) is 12.1. The highest BCUT2D eigenvalue weighted by Crippen LogP contribution is 2.25. The summed E-state index contributed by atoms with van der Waals surface area (Å²) in [5.41, 5.74) is 7.81. The quantitative estimate of drug-likeness (QED) is 0.391. The van der Waals surface area contributed by atoms with Gasteiger partial charge in [-0.3, -0.25) is 0 Å². The van der Waals surface area contributed by atoms with Crippen LogP contribution in [0.15, 0.2) is 28.6 Å². The molecule has 1 unspecified atom stereocenters. The summed E-state index contributed by atoms with van der Waals surface area (Å²) in [5, 5.41) is 7.25. The molecule has 8 heteroatoms. The van der Waals surface area contributed by atoms with E-state index < -0.39 is 0 Å². The molecule has 2 aromatic rings. The van der Waals surface area contributed by atoms with E-state index in [2.05, 4.69) is 15.3 Å². The van der Waals surface area contributed by atoms with Gasteiger partial charge < -0.3 is 11.1 Å². The third kappa shape index (κ3) is 5.57. The summed E-state index contributed by atoms with van der Waals surface area (Å²) in [6, 6.07) is 5.32. The highest BCUT2D eigenvalue weighted by molar-refractivity contribution is 14.0. The Morgan fingerprint density at radius 3 is 2.77 bits per heavy atom. The van der Waals surface area contributed by atoms with Crippen molar-refractivity contribution in [2.75, 3.05) is 0 Å². The second-order valence-electron chi connectivity index (χ2n) is 4.62. The van der Waals surface area contributed by atoms with Crippen molar-refractivity contribution in [2.45, 2.75) is 26.4 Å². The van der Waals surface area contributed by atoms with Crippen LogP contribution in [0.4, 0.5) is 0 Å². The predicted octanol–water partition coefficient (Wildman–Crippen LogP) is 4.54. The molecule has 0 fully saturated rings. The van der Waals surface area contributed by atoms with Crippen LogP contribution in [0.5, 0.6) is 0 Å². The first-order valence-corrected chi connectivity index (χ1v) is 8.01. The second-order valence-corrected chi connectivity index (χ2v) is 6.40. The third-order valence-corrected chi connectivity index (χ3v) is 4.36. The normalized spacial score (nSPS) is 12.6. The Balaban J connectivity index is 0.00000242. The number of aromatic nitrogens is 1. The van der Waals surface area contributed by atoms with Gasteiger partial charge in [-0.15, -0.1) is 35.3 Å². The number of nitrogens with two attached hydrogens (primary N) is 1. The Hall–Kier alpha value is -0.570. The Bertz CT molecular complexity index is 660. The van der Waals surface area contributed by atoms with Gasteiger partial charge in [0.1, 0.15) is 5.01 Å². The van der Waals surface area contributed by atoms with Crippen molar-refractivity contribution in [1.29, 1.82) is 0 Å². The molecule has 4 nitrogen and oxygen atoms in total. The Morgan fingerprint density at radius 1 is 1.45 bits per heavy atom. The molecule has 0 bridgehead atoms. The number of hydrogen-bond donors (Lipinski definition) is 2. The molecular weight excluding hydrogens is 454 g/mol. The van der Waals surface area contributed by atoms with Gasteiger partial charge in [0.15, 0.2) is 5.96 Å². The first kappa shape index (κ1) is 19.5. The first-order chi connectivity index (χ1) is 9.95. The molecule has 1 aromatic heterocycles. The molecule has 0 saturated heterocycles. The van der Waals surface area contributed by atoms with Crippen LogP contribution < -0.4 is 11.1 Å². The molecule has 1 heterocycles. The molecule has 0 amide bonds. The van der Waals surface area contributed by atoms with Gasteiger partial charge in [-0.05, 0) is 31.5 Å². The number of nitrogens with one attached hydrogen (secondary N) is 1. The lowest BCUT2D eigenvalue weighted by atomic mass is 10.1. The molecule has 0 aliphatic carbocycles. The molecule has 0 radical (unpaired) electrons. The summed E-state index contributed by atoms with van der Waals surface area (Å²) >= 11 is 13.6. The summed E-state index contributed by atoms with van der Waals surface area (Å²) in [6.07, 6.45) is 0. The number of benzene rings is 1. The lowest BCUT2D eigenvalue weighted by Gasteiger charge is -2.16. The molecule has 120 valence electrons. The molecule has 0 aliphatic rings. The number of halogens is 3. The van der Waals surface area contributed by atoms with Crippen molar-refractivity contribution in [3.8, 4) is 0 Å². The van der Waals surface area contributed by atoms with E-state index in [-0.39, 0.29) is 30.0 Å². The van der Waals surface area contributed by atoms with Crippen molar-refractivity contribution >= 4 is 64.5 Å². The smallest absolute Gasteiger partial charge is 0.189 e. The minimum Gasteiger partial charge on any atom is -0.370 e. The van der Waals surface area contributed by atoms with Gasteiger partial charge in [-0.2, -0.15) is 0 Å². The molecule has 2 rings (SSSR count). The number of nitrogens with zero attached hydrogens (tertiary/aromatic N) is 2. The number of aliphatic imine (C=N–C) groups is 1. The Labute approximate surface area is 161 Å². The maximum Gasteiger partial charge on any atom is 0.189 e. The topological polar surface area (TPSA) is 63.3 Å². The minimum absolute atomic E-state index is 0. The summed E-state index contributed by atoms with van der Waals surface area (Å²) in [7, 11) is 0. The Morgan fingerprint density at radius 2 is 2.18 bits per heavy atom. The fraction of sp³-hybridized carbons (Fsp3) is 0.286. The highest BCUT2D eigenvalue weighted by atomic mass is 127. The van der Waals surface area contributed by atoms with E-state index in [0.717, 1.165) is 16.3 Å². The van der Waals surface area contributed by atoms with Crippen molar-refractivity contribution in [2.24, 2.45) is 10.7 Å². The van der Waals surface area contributed by atoms with Crippen LogP contribution in [0.2, 0.25) is 10.0 Å². The fourth-order valence-corrected chi connectivity index (χ4v) is 3.09. The average Bonchev–Trinajstić information content (AvgIpc) is 2.82. The highest BCUT2D eigenvalue weighted by Gasteiger charge is 2.10. The minimum atomic E-state index is -0.0588. The zero-order chi connectivity index (χ0) is 15.4. The number of rotatable bonds is 4. The fourth-order valence-electron chi connectivity index (χ4n) is 1.83. The molecule has 0 spiro atoms. The van der Waals surface area contributed by atoms with Gasteiger partial charge in [-0.1, -0.05) is 29.3 Å². The van der Waals surface area contributed by atoms with E-state index in [4.69, 9.17) is 28.9 Å². The van der Waals surface area contributed by atoms with Crippen molar-refractivity contribution in [1.82, 2.24) is 10.3 Å². The van der Waals surface area contributed by atoms with E-state index in [9.17, 15) is 0 Å². The first-order valence-electron chi connectivity index (χ1n) is 6.38. The largest absolute Gasteiger partial charge is 0.370 e. The second kappa shape index (κ2) is 8.90. The lowest BCUT2D eigenvalue weighted by molar-refractivity contribution is 0.708. The predicted molar refractivity (Wildman–Crippen MR) is 106 cm³/mol. The number of aryl methyl sites for hydroxylation is 1. The van der Waals surface area contributed by atoms with Crippen LogP contribution in [0.1, 0.15) is 29.2 Å². The summed E-state index contributed by atoms with van der Waals surface area (Å²) in [6.45, 7) is 4.39. The Kier molecular flexibility index (Phi) is 7.88. The average molecular weight is 471 g/mol. The number of guanidine groups is 1. The maximum atomic E-state index is 6.17. The summed E-state index contributed by atoms with van der Waals surface area (Å²) < 4.78 is 0. The van der Waals surface area contributed by atoms with E-state index in [1.807, 2.05) is 25.3 Å². The van der Waals surface area contributed by atoms with Crippen LogP contribution >= 0.6 is 58.5 Å².